The number of halogens is 5. The lowest BCUT2D eigenvalue weighted by atomic mass is 10.1. The van der Waals surface area contributed by atoms with Crippen LogP contribution in [-0.2, 0) is 12.7 Å². The largest absolute Gasteiger partial charge is 0.416 e. The van der Waals surface area contributed by atoms with Gasteiger partial charge < -0.3 is 4.90 Å². The fourth-order valence-corrected chi connectivity index (χ4v) is 4.63. The number of nitrogens with zero attached hydrogens (tertiary/aromatic N) is 4. The number of alkyl halides is 3. The van der Waals surface area contributed by atoms with Gasteiger partial charge in [-0.2, -0.15) is 13.2 Å². The summed E-state index contributed by atoms with van der Waals surface area (Å²) >= 11 is 8.08. The first-order valence-corrected chi connectivity index (χ1v) is 10.9. The second-order valence-corrected chi connectivity index (χ2v) is 9.07. The number of anilines is 1. The fourth-order valence-electron chi connectivity index (χ4n) is 3.93. The molecule has 3 aromatic rings. The van der Waals surface area contributed by atoms with E-state index in [1.54, 1.807) is 12.1 Å². The molecule has 4 nitrogen and oxygen atoms in total. The Labute approximate surface area is 191 Å². The molecule has 1 aliphatic rings. The average molecular weight is 547 g/mol. The van der Waals surface area contributed by atoms with E-state index in [1.165, 1.54) is 6.07 Å². The van der Waals surface area contributed by atoms with Crippen LogP contribution in [0.1, 0.15) is 17.5 Å². The first-order chi connectivity index (χ1) is 14.2. The quantitative estimate of drug-likeness (QED) is 0.398. The van der Waals surface area contributed by atoms with Gasteiger partial charge in [-0.25, -0.2) is 0 Å². The molecule has 1 fully saturated rings. The molecular formula is C21H19ClF3IN4. The second kappa shape index (κ2) is 8.47. The molecule has 0 spiro atoms. The summed E-state index contributed by atoms with van der Waals surface area (Å²) in [6.45, 7) is 1.66. The third-order valence-corrected chi connectivity index (χ3v) is 6.46. The number of benzene rings is 2. The Kier molecular flexibility index (Phi) is 6.09. The van der Waals surface area contributed by atoms with E-state index < -0.39 is 11.7 Å². The zero-order chi connectivity index (χ0) is 21.5. The highest BCUT2D eigenvalue weighted by atomic mass is 127. The van der Waals surface area contributed by atoms with E-state index in [4.69, 9.17) is 11.6 Å². The number of hydrogen-bond donors (Lipinski definition) is 0. The molecule has 1 aromatic heterocycles. The molecule has 1 aliphatic heterocycles. The number of likely N-dealkylation sites (N-methyl/N-ethyl adjacent to an activating group) is 1. The van der Waals surface area contributed by atoms with Crippen molar-refractivity contribution < 1.29 is 13.2 Å². The van der Waals surface area contributed by atoms with Crippen molar-refractivity contribution in [1.29, 1.82) is 0 Å². The lowest BCUT2D eigenvalue weighted by Crippen LogP contribution is -2.35. The van der Waals surface area contributed by atoms with Gasteiger partial charge in [0.2, 0.25) is 0 Å². The molecule has 0 radical (unpaired) electrons. The topological polar surface area (TPSA) is 32.3 Å². The Morgan fingerprint density at radius 2 is 1.90 bits per heavy atom. The number of aromatic nitrogens is 2. The number of rotatable bonds is 4. The van der Waals surface area contributed by atoms with E-state index in [2.05, 4.69) is 15.1 Å². The summed E-state index contributed by atoms with van der Waals surface area (Å²) in [6, 6.07) is 12.3. The molecule has 0 bridgehead atoms. The van der Waals surface area contributed by atoms with Gasteiger partial charge in [-0.05, 0) is 53.8 Å². The van der Waals surface area contributed by atoms with Gasteiger partial charge in [0.25, 0.3) is 0 Å². The minimum atomic E-state index is -4.36. The maximum absolute atomic E-state index is 13.5. The van der Waals surface area contributed by atoms with Crippen molar-refractivity contribution in [2.24, 2.45) is 0 Å². The molecule has 2 heterocycles. The predicted octanol–water partition coefficient (Wildman–Crippen LogP) is 5.62. The van der Waals surface area contributed by atoms with Crippen molar-refractivity contribution in [3.8, 4) is 0 Å². The highest BCUT2D eigenvalue weighted by molar-refractivity contribution is 14.1. The van der Waals surface area contributed by atoms with Gasteiger partial charge in [0.05, 0.1) is 5.56 Å². The van der Waals surface area contributed by atoms with Crippen LogP contribution in [0.2, 0.25) is 5.15 Å². The summed E-state index contributed by atoms with van der Waals surface area (Å²) in [7, 11) is 1.87. The van der Waals surface area contributed by atoms with Crippen LogP contribution in [0.5, 0.6) is 0 Å². The second-order valence-electron chi connectivity index (χ2n) is 7.46. The van der Waals surface area contributed by atoms with Gasteiger partial charge in [0.1, 0.15) is 0 Å². The van der Waals surface area contributed by atoms with Gasteiger partial charge in [0, 0.05) is 40.0 Å². The van der Waals surface area contributed by atoms with Crippen LogP contribution in [0.3, 0.4) is 0 Å². The number of hydrogen-bond acceptors (Lipinski definition) is 4. The third kappa shape index (κ3) is 4.36. The molecular weight excluding hydrogens is 528 g/mol. The highest BCUT2D eigenvalue weighted by Gasteiger charge is 2.35. The molecule has 9 heteroatoms. The van der Waals surface area contributed by atoms with E-state index >= 15 is 0 Å². The Balaban J connectivity index is 1.53. The van der Waals surface area contributed by atoms with E-state index in [1.807, 2.05) is 58.8 Å². The van der Waals surface area contributed by atoms with Crippen LogP contribution in [0, 0.1) is 3.57 Å². The van der Waals surface area contributed by atoms with Crippen molar-refractivity contribution in [2.75, 3.05) is 25.0 Å². The summed E-state index contributed by atoms with van der Waals surface area (Å²) in [6.07, 6.45) is -3.53. The summed E-state index contributed by atoms with van der Waals surface area (Å²) in [5.41, 5.74) is -0.272. The molecule has 0 saturated carbocycles. The van der Waals surface area contributed by atoms with Crippen molar-refractivity contribution in [3.63, 3.8) is 0 Å². The first kappa shape index (κ1) is 21.6. The van der Waals surface area contributed by atoms with Crippen LogP contribution in [0.25, 0.3) is 10.8 Å². The Morgan fingerprint density at radius 3 is 2.63 bits per heavy atom. The van der Waals surface area contributed by atoms with E-state index in [0.29, 0.717) is 20.8 Å². The van der Waals surface area contributed by atoms with Crippen molar-refractivity contribution >= 4 is 50.8 Å². The smallest absolute Gasteiger partial charge is 0.353 e. The van der Waals surface area contributed by atoms with Gasteiger partial charge in [0.15, 0.2) is 11.0 Å². The molecule has 1 unspecified atom stereocenters. The van der Waals surface area contributed by atoms with Gasteiger partial charge >= 0.3 is 6.18 Å². The number of fused-ring (bicyclic) bond motifs is 1. The molecule has 1 saturated heterocycles. The van der Waals surface area contributed by atoms with E-state index in [9.17, 15) is 13.2 Å². The normalized spacial score (nSPS) is 17.3. The molecule has 0 N–H and O–H groups in total. The lowest BCUT2D eigenvalue weighted by Gasteiger charge is -2.26. The maximum atomic E-state index is 13.5. The summed E-state index contributed by atoms with van der Waals surface area (Å²) in [5, 5.41) is 10.5. The molecule has 30 heavy (non-hydrogen) atoms. The summed E-state index contributed by atoms with van der Waals surface area (Å²) in [4.78, 5) is 4.12. The minimum Gasteiger partial charge on any atom is -0.353 e. The van der Waals surface area contributed by atoms with Crippen molar-refractivity contribution in [3.05, 3.63) is 62.3 Å². The maximum Gasteiger partial charge on any atom is 0.416 e. The van der Waals surface area contributed by atoms with E-state index in [-0.39, 0.29) is 12.6 Å². The zero-order valence-electron chi connectivity index (χ0n) is 16.1. The highest BCUT2D eigenvalue weighted by Crippen LogP contribution is 2.35. The Hall–Kier alpha value is -1.65. The fraction of sp³-hybridized carbons (Fsp3) is 0.333. The van der Waals surface area contributed by atoms with E-state index in [0.717, 1.165) is 29.6 Å². The third-order valence-electron chi connectivity index (χ3n) is 5.51. The van der Waals surface area contributed by atoms with Crippen molar-refractivity contribution in [2.45, 2.75) is 25.2 Å². The van der Waals surface area contributed by atoms with Gasteiger partial charge in [-0.15, -0.1) is 10.2 Å². The first-order valence-electron chi connectivity index (χ1n) is 9.46. The van der Waals surface area contributed by atoms with Crippen LogP contribution in [-0.4, -0.2) is 41.3 Å². The molecule has 0 amide bonds. The van der Waals surface area contributed by atoms with Crippen LogP contribution < -0.4 is 4.90 Å². The zero-order valence-corrected chi connectivity index (χ0v) is 19.0. The summed E-state index contributed by atoms with van der Waals surface area (Å²) < 4.78 is 41.0. The molecule has 158 valence electrons. The molecule has 0 aliphatic carbocycles. The SMILES string of the molecule is CN(Cc1ccc(I)cc1C(F)(F)F)C1CCN(c2nnc(Cl)c3ccccc23)C1. The lowest BCUT2D eigenvalue weighted by molar-refractivity contribution is -0.138. The van der Waals surface area contributed by atoms with Crippen LogP contribution in [0.15, 0.2) is 42.5 Å². The van der Waals surface area contributed by atoms with Gasteiger partial charge in [-0.3, -0.25) is 4.90 Å². The monoisotopic (exact) mass is 546 g/mol. The average Bonchev–Trinajstić information content (AvgIpc) is 3.19. The van der Waals surface area contributed by atoms with Crippen molar-refractivity contribution in [1.82, 2.24) is 15.1 Å². The Morgan fingerprint density at radius 1 is 1.17 bits per heavy atom. The van der Waals surface area contributed by atoms with Gasteiger partial charge in [-0.1, -0.05) is 41.9 Å². The molecule has 1 atom stereocenters. The molecule has 2 aromatic carbocycles. The van der Waals surface area contributed by atoms with Crippen LogP contribution >= 0.6 is 34.2 Å². The predicted molar refractivity (Wildman–Crippen MR) is 121 cm³/mol. The molecule has 4 rings (SSSR count). The Bertz CT molecular complexity index is 1080. The minimum absolute atomic E-state index is 0.113. The standard InChI is InChI=1S/C21H19ClF3IN4/c1-29(11-13-6-7-14(26)10-18(13)21(23,24)25)15-8-9-30(12-15)20-17-5-3-2-4-16(17)19(22)27-28-20/h2-7,10,15H,8-9,11-12H2,1H3. The summed E-state index contributed by atoms with van der Waals surface area (Å²) in [5.74, 6) is 0.760. The van der Waals surface area contributed by atoms with Crippen LogP contribution in [0.4, 0.5) is 19.0 Å².